The summed E-state index contributed by atoms with van der Waals surface area (Å²) < 4.78 is 11.1. The van der Waals surface area contributed by atoms with Gasteiger partial charge in [0, 0.05) is 13.2 Å². The second-order valence-electron chi connectivity index (χ2n) is 6.02. The molecular formula is C15H23N3O3. The van der Waals surface area contributed by atoms with Crippen molar-refractivity contribution in [1.29, 1.82) is 0 Å². The lowest BCUT2D eigenvalue weighted by Crippen LogP contribution is -2.47. The van der Waals surface area contributed by atoms with Crippen LogP contribution in [0.1, 0.15) is 25.7 Å². The summed E-state index contributed by atoms with van der Waals surface area (Å²) in [5.41, 5.74) is 6.09. The molecule has 0 bridgehead atoms. The van der Waals surface area contributed by atoms with Crippen LogP contribution in [-0.2, 0) is 4.74 Å². The van der Waals surface area contributed by atoms with Crippen LogP contribution < -0.4 is 15.8 Å². The van der Waals surface area contributed by atoms with E-state index in [2.05, 4.69) is 10.3 Å². The lowest BCUT2D eigenvalue weighted by atomic mass is 9.91. The molecule has 6 nitrogen and oxygen atoms in total. The smallest absolute Gasteiger partial charge is 0.239 e. The van der Waals surface area contributed by atoms with Crippen molar-refractivity contribution in [3.63, 3.8) is 0 Å². The Bertz CT molecular complexity index is 485. The molecule has 2 heterocycles. The van der Waals surface area contributed by atoms with E-state index in [9.17, 15) is 5.11 Å². The SMILES string of the molecule is Nc1ccc(NC2(CO)CCOCC2)nc1OCC1CC1. The zero-order chi connectivity index (χ0) is 14.7. The Morgan fingerprint density at radius 2 is 2.14 bits per heavy atom. The van der Waals surface area contributed by atoms with Gasteiger partial charge in [-0.2, -0.15) is 4.98 Å². The number of nitrogens with one attached hydrogen (secondary N) is 1. The summed E-state index contributed by atoms with van der Waals surface area (Å²) in [5.74, 6) is 1.82. The van der Waals surface area contributed by atoms with Crippen LogP contribution in [-0.4, -0.2) is 42.1 Å². The first-order valence-corrected chi connectivity index (χ1v) is 7.57. The fourth-order valence-corrected chi connectivity index (χ4v) is 2.47. The van der Waals surface area contributed by atoms with Crippen LogP contribution in [0, 0.1) is 5.92 Å². The highest BCUT2D eigenvalue weighted by atomic mass is 16.5. The number of rotatable bonds is 6. The van der Waals surface area contributed by atoms with Gasteiger partial charge < -0.3 is 25.6 Å². The van der Waals surface area contributed by atoms with Crippen molar-refractivity contribution in [2.24, 2.45) is 5.92 Å². The molecule has 0 aromatic carbocycles. The van der Waals surface area contributed by atoms with Crippen molar-refractivity contribution < 1.29 is 14.6 Å². The molecule has 0 unspecified atom stereocenters. The molecule has 116 valence electrons. The normalized spacial score (nSPS) is 21.0. The molecule has 3 rings (SSSR count). The molecule has 6 heteroatoms. The third-order valence-electron chi connectivity index (χ3n) is 4.19. The molecule has 2 fully saturated rings. The number of aromatic nitrogens is 1. The summed E-state index contributed by atoms with van der Waals surface area (Å²) in [7, 11) is 0. The van der Waals surface area contributed by atoms with Crippen molar-refractivity contribution in [3.05, 3.63) is 12.1 Å². The van der Waals surface area contributed by atoms with E-state index >= 15 is 0 Å². The Labute approximate surface area is 124 Å². The highest BCUT2D eigenvalue weighted by Crippen LogP contribution is 2.31. The second kappa shape index (κ2) is 6.07. The zero-order valence-electron chi connectivity index (χ0n) is 12.2. The largest absolute Gasteiger partial charge is 0.476 e. The van der Waals surface area contributed by atoms with Gasteiger partial charge >= 0.3 is 0 Å². The van der Waals surface area contributed by atoms with Gasteiger partial charge in [0.15, 0.2) is 0 Å². The predicted molar refractivity (Wildman–Crippen MR) is 80.4 cm³/mol. The molecule has 1 aliphatic heterocycles. The van der Waals surface area contributed by atoms with E-state index in [1.165, 1.54) is 12.8 Å². The van der Waals surface area contributed by atoms with Gasteiger partial charge in [-0.3, -0.25) is 0 Å². The third kappa shape index (κ3) is 3.57. The van der Waals surface area contributed by atoms with Crippen molar-refractivity contribution in [2.75, 3.05) is 37.5 Å². The molecule has 21 heavy (non-hydrogen) atoms. The minimum absolute atomic E-state index is 0.0562. The quantitative estimate of drug-likeness (QED) is 0.734. The molecule has 1 aliphatic carbocycles. The van der Waals surface area contributed by atoms with Gasteiger partial charge in [-0.15, -0.1) is 0 Å². The first kappa shape index (κ1) is 14.4. The van der Waals surface area contributed by atoms with Crippen LogP contribution in [0.2, 0.25) is 0 Å². The number of aliphatic hydroxyl groups is 1. The van der Waals surface area contributed by atoms with E-state index in [1.54, 1.807) is 6.07 Å². The van der Waals surface area contributed by atoms with Gasteiger partial charge in [0.2, 0.25) is 5.88 Å². The summed E-state index contributed by atoms with van der Waals surface area (Å²) in [5, 5.41) is 13.0. The second-order valence-corrected chi connectivity index (χ2v) is 6.02. The van der Waals surface area contributed by atoms with Gasteiger partial charge in [-0.05, 0) is 43.7 Å². The topological polar surface area (TPSA) is 89.6 Å². The van der Waals surface area contributed by atoms with Crippen molar-refractivity contribution in [2.45, 2.75) is 31.2 Å². The maximum absolute atomic E-state index is 9.71. The number of nitrogens with zero attached hydrogens (tertiary/aromatic N) is 1. The van der Waals surface area contributed by atoms with Crippen LogP contribution in [0.3, 0.4) is 0 Å². The summed E-state index contributed by atoms with van der Waals surface area (Å²) >= 11 is 0. The highest BCUT2D eigenvalue weighted by molar-refractivity contribution is 5.54. The Morgan fingerprint density at radius 3 is 2.81 bits per heavy atom. The first-order valence-electron chi connectivity index (χ1n) is 7.57. The molecule has 1 saturated heterocycles. The third-order valence-corrected chi connectivity index (χ3v) is 4.19. The van der Waals surface area contributed by atoms with Crippen molar-refractivity contribution in [3.8, 4) is 5.88 Å². The molecule has 0 spiro atoms. The van der Waals surface area contributed by atoms with Crippen LogP contribution in [0.15, 0.2) is 12.1 Å². The molecule has 0 radical (unpaired) electrons. The average Bonchev–Trinajstić information content (AvgIpc) is 3.33. The minimum atomic E-state index is -0.366. The predicted octanol–water partition coefficient (Wildman–Crippen LogP) is 1.41. The molecule has 0 amide bonds. The van der Waals surface area contributed by atoms with Gasteiger partial charge in [-0.1, -0.05) is 0 Å². The molecule has 0 atom stereocenters. The van der Waals surface area contributed by atoms with E-state index in [4.69, 9.17) is 15.2 Å². The average molecular weight is 293 g/mol. The summed E-state index contributed by atoms with van der Waals surface area (Å²) in [6, 6.07) is 3.62. The maximum Gasteiger partial charge on any atom is 0.239 e. The Balaban J connectivity index is 1.70. The first-order chi connectivity index (χ1) is 10.2. The monoisotopic (exact) mass is 293 g/mol. The zero-order valence-corrected chi connectivity index (χ0v) is 12.2. The van der Waals surface area contributed by atoms with E-state index in [0.717, 1.165) is 12.8 Å². The molecule has 1 aromatic rings. The fraction of sp³-hybridized carbons (Fsp3) is 0.667. The molecule has 1 saturated carbocycles. The van der Waals surface area contributed by atoms with Gasteiger partial charge in [0.05, 0.1) is 24.4 Å². The lowest BCUT2D eigenvalue weighted by Gasteiger charge is -2.36. The Kier molecular flexibility index (Phi) is 4.17. The fourth-order valence-electron chi connectivity index (χ4n) is 2.47. The van der Waals surface area contributed by atoms with Crippen LogP contribution in [0.5, 0.6) is 5.88 Å². The molecule has 1 aromatic heterocycles. The Morgan fingerprint density at radius 1 is 1.38 bits per heavy atom. The van der Waals surface area contributed by atoms with E-state index in [1.807, 2.05) is 6.07 Å². The lowest BCUT2D eigenvalue weighted by molar-refractivity contribution is 0.0378. The van der Waals surface area contributed by atoms with Gasteiger partial charge in [0.25, 0.3) is 0 Å². The number of hydrogen-bond donors (Lipinski definition) is 3. The number of nitrogen functional groups attached to an aromatic ring is 1. The number of ether oxygens (including phenoxy) is 2. The summed E-state index contributed by atoms with van der Waals surface area (Å²) in [4.78, 5) is 4.45. The minimum Gasteiger partial charge on any atom is -0.476 e. The molecule has 2 aliphatic rings. The summed E-state index contributed by atoms with van der Waals surface area (Å²) in [6.07, 6.45) is 3.97. The molecular weight excluding hydrogens is 270 g/mol. The Hall–Kier alpha value is -1.53. The van der Waals surface area contributed by atoms with Gasteiger partial charge in [0.1, 0.15) is 5.82 Å². The summed E-state index contributed by atoms with van der Waals surface area (Å²) in [6.45, 7) is 2.03. The van der Waals surface area contributed by atoms with Crippen LogP contribution in [0.25, 0.3) is 0 Å². The highest BCUT2D eigenvalue weighted by Gasteiger charge is 2.32. The number of hydrogen-bond acceptors (Lipinski definition) is 6. The van der Waals surface area contributed by atoms with E-state index in [0.29, 0.717) is 43.1 Å². The van der Waals surface area contributed by atoms with E-state index < -0.39 is 0 Å². The maximum atomic E-state index is 9.71. The van der Waals surface area contributed by atoms with Crippen molar-refractivity contribution in [1.82, 2.24) is 4.98 Å². The van der Waals surface area contributed by atoms with Gasteiger partial charge in [-0.25, -0.2) is 0 Å². The molecule has 4 N–H and O–H groups in total. The van der Waals surface area contributed by atoms with Crippen LogP contribution in [0.4, 0.5) is 11.5 Å². The number of aliphatic hydroxyl groups excluding tert-OH is 1. The van der Waals surface area contributed by atoms with Crippen LogP contribution >= 0.6 is 0 Å². The van der Waals surface area contributed by atoms with E-state index in [-0.39, 0.29) is 12.1 Å². The number of nitrogens with two attached hydrogens (primary N) is 1. The number of anilines is 2. The standard InChI is InChI=1S/C15H23N3O3/c16-12-3-4-13(17-14(12)21-9-11-1-2-11)18-15(10-19)5-7-20-8-6-15/h3-4,11,19H,1-2,5-10,16H2,(H,17,18). The van der Waals surface area contributed by atoms with Crippen molar-refractivity contribution >= 4 is 11.5 Å². The number of pyridine rings is 1.